The predicted molar refractivity (Wildman–Crippen MR) is 133 cm³/mol. The quantitative estimate of drug-likeness (QED) is 0.366. The largest absolute Gasteiger partial charge is 0.493 e. The van der Waals surface area contributed by atoms with Crippen LogP contribution in [0.15, 0.2) is 42.5 Å². The Morgan fingerprint density at radius 3 is 2.42 bits per heavy atom. The molecule has 192 valence electrons. The first-order chi connectivity index (χ1) is 17.1. The van der Waals surface area contributed by atoms with E-state index >= 15 is 0 Å². The Balaban J connectivity index is 1.68. The van der Waals surface area contributed by atoms with Gasteiger partial charge in [-0.15, -0.1) is 0 Å². The number of benzene rings is 2. The molecule has 0 bridgehead atoms. The molecule has 0 aliphatic carbocycles. The third-order valence-corrected chi connectivity index (χ3v) is 6.41. The van der Waals surface area contributed by atoms with Gasteiger partial charge in [0.1, 0.15) is 5.75 Å². The van der Waals surface area contributed by atoms with Crippen molar-refractivity contribution in [3.05, 3.63) is 63.8 Å². The smallest absolute Gasteiger partial charge is 0.392 e. The molecule has 0 saturated carbocycles. The zero-order chi connectivity index (χ0) is 25.9. The van der Waals surface area contributed by atoms with Crippen molar-refractivity contribution in [3.8, 4) is 22.7 Å². The number of ether oxygens (including phenoxy) is 1. The Morgan fingerprint density at radius 2 is 1.78 bits per heavy atom. The van der Waals surface area contributed by atoms with E-state index in [1.807, 2.05) is 5.01 Å². The lowest BCUT2D eigenvalue weighted by Crippen LogP contribution is -2.45. The van der Waals surface area contributed by atoms with Crippen molar-refractivity contribution in [1.29, 1.82) is 0 Å². The number of hydrazine groups is 1. The van der Waals surface area contributed by atoms with Gasteiger partial charge in [-0.3, -0.25) is 10.2 Å². The molecular weight excluding hydrogens is 516 g/mol. The standard InChI is InChI=1S/C25H25Cl2F3N4O2/c1-16-22(24(35)32-33-12-3-2-4-13-33)31-34(21-10-7-18(26)15-20(21)27)23(16)17-5-8-19(9-6-17)36-14-11-25(28,29)30/h5-10,15H,2-4,11-14H2,1H3,(H,32,35). The second-order valence-electron chi connectivity index (χ2n) is 8.56. The zero-order valence-corrected chi connectivity index (χ0v) is 21.1. The molecule has 1 aliphatic heterocycles. The lowest BCUT2D eigenvalue weighted by atomic mass is 10.1. The number of carbonyl (C=O) groups is 1. The summed E-state index contributed by atoms with van der Waals surface area (Å²) in [5.41, 5.74) is 5.64. The molecule has 0 spiro atoms. The summed E-state index contributed by atoms with van der Waals surface area (Å²) in [5.74, 6) is -0.0223. The van der Waals surface area contributed by atoms with Gasteiger partial charge in [-0.1, -0.05) is 29.6 Å². The first-order valence-electron chi connectivity index (χ1n) is 11.5. The van der Waals surface area contributed by atoms with Crippen molar-refractivity contribution in [2.24, 2.45) is 0 Å². The van der Waals surface area contributed by atoms with Gasteiger partial charge in [-0.2, -0.15) is 18.3 Å². The van der Waals surface area contributed by atoms with E-state index < -0.39 is 19.2 Å². The minimum Gasteiger partial charge on any atom is -0.493 e. The van der Waals surface area contributed by atoms with Crippen LogP contribution in [-0.2, 0) is 0 Å². The van der Waals surface area contributed by atoms with Crippen molar-refractivity contribution < 1.29 is 22.7 Å². The van der Waals surface area contributed by atoms with E-state index in [1.54, 1.807) is 54.1 Å². The molecule has 4 rings (SSSR count). The number of carbonyl (C=O) groups excluding carboxylic acids is 1. The monoisotopic (exact) mass is 540 g/mol. The summed E-state index contributed by atoms with van der Waals surface area (Å²) in [6.07, 6.45) is -2.17. The number of nitrogens with one attached hydrogen (secondary N) is 1. The minimum atomic E-state index is -4.29. The summed E-state index contributed by atoms with van der Waals surface area (Å²) >= 11 is 12.5. The maximum Gasteiger partial charge on any atom is 0.392 e. The van der Waals surface area contributed by atoms with Gasteiger partial charge in [0.25, 0.3) is 5.91 Å². The van der Waals surface area contributed by atoms with Gasteiger partial charge in [0, 0.05) is 29.2 Å². The van der Waals surface area contributed by atoms with Crippen molar-refractivity contribution in [3.63, 3.8) is 0 Å². The molecule has 0 radical (unpaired) electrons. The number of amides is 1. The fourth-order valence-electron chi connectivity index (χ4n) is 4.07. The number of halogens is 5. The molecule has 1 aromatic heterocycles. The number of aromatic nitrogens is 2. The second kappa shape index (κ2) is 11.1. The molecule has 1 saturated heterocycles. The molecule has 36 heavy (non-hydrogen) atoms. The lowest BCUT2D eigenvalue weighted by Gasteiger charge is -2.26. The van der Waals surface area contributed by atoms with Crippen LogP contribution in [0.3, 0.4) is 0 Å². The van der Waals surface area contributed by atoms with E-state index in [0.29, 0.717) is 38.3 Å². The second-order valence-corrected chi connectivity index (χ2v) is 9.40. The molecule has 1 aliphatic rings. The third kappa shape index (κ3) is 6.32. The van der Waals surface area contributed by atoms with Crippen LogP contribution in [0.25, 0.3) is 16.9 Å². The molecule has 2 aromatic carbocycles. The molecule has 3 aromatic rings. The summed E-state index contributed by atoms with van der Waals surface area (Å²) < 4.78 is 44.1. The molecule has 2 heterocycles. The van der Waals surface area contributed by atoms with Gasteiger partial charge in [0.05, 0.1) is 29.4 Å². The van der Waals surface area contributed by atoms with E-state index in [2.05, 4.69) is 10.5 Å². The molecular formula is C25H25Cl2F3N4O2. The highest BCUT2D eigenvalue weighted by Gasteiger charge is 2.27. The fourth-order valence-corrected chi connectivity index (χ4v) is 4.56. The van der Waals surface area contributed by atoms with Gasteiger partial charge in [-0.25, -0.2) is 9.69 Å². The average molecular weight is 541 g/mol. The van der Waals surface area contributed by atoms with Gasteiger partial charge in [0.2, 0.25) is 0 Å². The van der Waals surface area contributed by atoms with Gasteiger partial charge < -0.3 is 4.74 Å². The number of nitrogens with zero attached hydrogens (tertiary/aromatic N) is 3. The SMILES string of the molecule is Cc1c(C(=O)NN2CCCCC2)nn(-c2ccc(Cl)cc2Cl)c1-c1ccc(OCCC(F)(F)F)cc1. The molecule has 0 atom stereocenters. The summed E-state index contributed by atoms with van der Waals surface area (Å²) in [7, 11) is 0. The number of rotatable bonds is 7. The number of alkyl halides is 3. The van der Waals surface area contributed by atoms with Crippen molar-refractivity contribution in [2.45, 2.75) is 38.8 Å². The highest BCUT2D eigenvalue weighted by molar-refractivity contribution is 6.35. The van der Waals surface area contributed by atoms with Gasteiger partial charge >= 0.3 is 6.18 Å². The maximum atomic E-state index is 13.2. The van der Waals surface area contributed by atoms with E-state index in [-0.39, 0.29) is 11.6 Å². The zero-order valence-electron chi connectivity index (χ0n) is 19.5. The number of piperidine rings is 1. The van der Waals surface area contributed by atoms with Crippen LogP contribution >= 0.6 is 23.2 Å². The highest BCUT2D eigenvalue weighted by atomic mass is 35.5. The fraction of sp³-hybridized carbons (Fsp3) is 0.360. The lowest BCUT2D eigenvalue weighted by molar-refractivity contribution is -0.139. The average Bonchev–Trinajstić information content (AvgIpc) is 3.16. The Morgan fingerprint density at radius 1 is 1.08 bits per heavy atom. The normalized spacial score (nSPS) is 14.6. The molecule has 1 amide bonds. The molecule has 1 N–H and O–H groups in total. The Kier molecular flexibility index (Phi) is 8.12. The van der Waals surface area contributed by atoms with Crippen LogP contribution in [-0.4, -0.2) is 46.6 Å². The van der Waals surface area contributed by atoms with Crippen LogP contribution in [0.1, 0.15) is 41.7 Å². The topological polar surface area (TPSA) is 59.4 Å². The summed E-state index contributed by atoms with van der Waals surface area (Å²) in [4.78, 5) is 13.2. The molecule has 1 fully saturated rings. The minimum absolute atomic E-state index is 0.243. The molecule has 6 nitrogen and oxygen atoms in total. The number of hydrogen-bond donors (Lipinski definition) is 1. The van der Waals surface area contributed by atoms with E-state index in [1.165, 1.54) is 0 Å². The summed E-state index contributed by atoms with van der Waals surface area (Å²) in [6.45, 7) is 2.87. The summed E-state index contributed by atoms with van der Waals surface area (Å²) in [5, 5.41) is 7.31. The number of hydrogen-bond acceptors (Lipinski definition) is 4. The summed E-state index contributed by atoms with van der Waals surface area (Å²) in [6, 6.07) is 11.6. The van der Waals surface area contributed by atoms with Crippen LogP contribution in [0, 0.1) is 6.92 Å². The molecule has 0 unspecified atom stereocenters. The van der Waals surface area contributed by atoms with Gasteiger partial charge in [0.15, 0.2) is 5.69 Å². The van der Waals surface area contributed by atoms with Crippen LogP contribution < -0.4 is 10.2 Å². The maximum absolute atomic E-state index is 13.2. The Hall–Kier alpha value is -2.75. The Bertz CT molecular complexity index is 1220. The van der Waals surface area contributed by atoms with E-state index in [9.17, 15) is 18.0 Å². The van der Waals surface area contributed by atoms with E-state index in [0.717, 1.165) is 32.4 Å². The van der Waals surface area contributed by atoms with Crippen molar-refractivity contribution in [1.82, 2.24) is 20.2 Å². The first kappa shape index (κ1) is 26.3. The Labute approximate surface area is 216 Å². The predicted octanol–water partition coefficient (Wildman–Crippen LogP) is 6.62. The van der Waals surface area contributed by atoms with Crippen molar-refractivity contribution in [2.75, 3.05) is 19.7 Å². The molecule has 11 heteroatoms. The van der Waals surface area contributed by atoms with Crippen LogP contribution in [0.2, 0.25) is 10.0 Å². The first-order valence-corrected chi connectivity index (χ1v) is 12.3. The highest BCUT2D eigenvalue weighted by Crippen LogP contribution is 2.33. The van der Waals surface area contributed by atoms with E-state index in [4.69, 9.17) is 27.9 Å². The van der Waals surface area contributed by atoms with Gasteiger partial charge in [-0.05, 0) is 62.2 Å². The van der Waals surface area contributed by atoms with Crippen LogP contribution in [0.5, 0.6) is 5.75 Å². The third-order valence-electron chi connectivity index (χ3n) is 5.87. The van der Waals surface area contributed by atoms with Crippen LogP contribution in [0.4, 0.5) is 13.2 Å². The van der Waals surface area contributed by atoms with Crippen molar-refractivity contribution >= 4 is 29.1 Å².